The lowest BCUT2D eigenvalue weighted by Crippen LogP contribution is -2.54. The highest BCUT2D eigenvalue weighted by Crippen LogP contribution is 2.48. The Bertz CT molecular complexity index is 3030. The molecule has 4 amide bonds. The Morgan fingerprint density at radius 3 is 2.17 bits per heavy atom. The average Bonchev–Trinajstić information content (AvgIpc) is 4.23. The second-order valence-electron chi connectivity index (χ2n) is 20.1. The first-order valence-electron chi connectivity index (χ1n) is 24.8. The van der Waals surface area contributed by atoms with Crippen LogP contribution in [0.4, 0.5) is 14.0 Å². The van der Waals surface area contributed by atoms with Crippen LogP contribution in [0.15, 0.2) is 55.0 Å². The van der Waals surface area contributed by atoms with E-state index >= 15 is 4.39 Å². The number of benzene rings is 2. The van der Waals surface area contributed by atoms with E-state index in [1.54, 1.807) is 28.6 Å². The number of ether oxygens (including phenoxy) is 4. The number of hydrogen-bond acceptors (Lipinski definition) is 12. The molecule has 72 heavy (non-hydrogen) atoms. The molecule has 3 fully saturated rings. The van der Waals surface area contributed by atoms with E-state index in [4.69, 9.17) is 33.9 Å². The van der Waals surface area contributed by atoms with Gasteiger partial charge in [-0.05, 0) is 101 Å². The van der Waals surface area contributed by atoms with Crippen molar-refractivity contribution in [2.75, 3.05) is 33.9 Å². The Kier molecular flexibility index (Phi) is 13.3. The number of hydrogen-bond donors (Lipinski definition) is 4. The number of alkyl carbamates (subject to hydrolysis) is 2. The van der Waals surface area contributed by atoms with Crippen LogP contribution in [-0.2, 0) is 30.2 Å². The molecule has 18 nitrogen and oxygen atoms in total. The number of thiazole rings is 1. The fraction of sp³-hybridized carbons (Fsp3) is 0.481. The van der Waals surface area contributed by atoms with Crippen molar-refractivity contribution in [3.8, 4) is 39.5 Å². The molecule has 4 aliphatic heterocycles. The number of methoxy groups -OCH3 is 2. The lowest BCUT2D eigenvalue weighted by molar-refractivity contribution is -0.139. The summed E-state index contributed by atoms with van der Waals surface area (Å²) in [7, 11) is 2.56. The van der Waals surface area contributed by atoms with Crippen LogP contribution in [0.25, 0.3) is 44.7 Å². The molecule has 4 aromatic heterocycles. The van der Waals surface area contributed by atoms with Crippen LogP contribution < -0.4 is 15.4 Å². The smallest absolute Gasteiger partial charge is 0.407 e. The number of nitrogens with one attached hydrogen (secondary N) is 4. The van der Waals surface area contributed by atoms with Crippen LogP contribution in [0.1, 0.15) is 113 Å². The first-order chi connectivity index (χ1) is 34.6. The summed E-state index contributed by atoms with van der Waals surface area (Å²) in [4.78, 5) is 78.8. The van der Waals surface area contributed by atoms with Crippen LogP contribution in [0.3, 0.4) is 0 Å². The van der Waals surface area contributed by atoms with Crippen molar-refractivity contribution in [3.05, 3.63) is 82.3 Å². The Morgan fingerprint density at radius 2 is 1.53 bits per heavy atom. The Labute approximate surface area is 420 Å². The van der Waals surface area contributed by atoms with Crippen molar-refractivity contribution >= 4 is 46.2 Å². The number of likely N-dealkylation sites (tertiary alicyclic amines) is 2. The number of halogens is 1. The summed E-state index contributed by atoms with van der Waals surface area (Å²) in [5.74, 6) is 0.371. The van der Waals surface area contributed by atoms with E-state index in [0.29, 0.717) is 85.3 Å². The SMILES string of the molecule is CCc1cnc(C2Oc3cc(-c4cnc([C@@H]5CCCN5C(=O)[C@@H](NC(=O)OC)C(C)C)[nH]4)cc(F)c3-c3cc4cc(-c5cnc([C@@H]6CCCN6C(=O)[C@@H](NC(=O)OC)C6CCOC(C)(C)C6)[nH]5)ccc4n32)s1. The Morgan fingerprint density at radius 1 is 0.861 bits per heavy atom. The maximum atomic E-state index is 16.9. The molecule has 6 atom stereocenters. The minimum absolute atomic E-state index is 0.133. The number of rotatable bonds is 12. The molecular formula is C52H61FN10O8S. The Balaban J connectivity index is 0.945. The molecule has 0 bridgehead atoms. The van der Waals surface area contributed by atoms with Crippen molar-refractivity contribution in [1.29, 1.82) is 0 Å². The van der Waals surface area contributed by atoms with E-state index in [0.717, 1.165) is 51.3 Å². The van der Waals surface area contributed by atoms with Crippen LogP contribution in [0, 0.1) is 17.7 Å². The number of imidazole rings is 2. The lowest BCUT2D eigenvalue weighted by Gasteiger charge is -2.40. The number of carbonyl (C=O) groups is 4. The van der Waals surface area contributed by atoms with E-state index in [1.165, 1.54) is 20.3 Å². The van der Waals surface area contributed by atoms with Gasteiger partial charge in [0, 0.05) is 47.3 Å². The minimum Gasteiger partial charge on any atom is -0.462 e. The normalized spacial score (nSPS) is 21.2. The monoisotopic (exact) mass is 1000 g/mol. The van der Waals surface area contributed by atoms with Gasteiger partial charge in [-0.2, -0.15) is 0 Å². The summed E-state index contributed by atoms with van der Waals surface area (Å²) in [5.41, 5.74) is 4.01. The van der Waals surface area contributed by atoms with Crippen molar-refractivity contribution in [1.82, 2.24) is 49.9 Å². The van der Waals surface area contributed by atoms with Crippen molar-refractivity contribution < 1.29 is 42.5 Å². The predicted octanol–water partition coefficient (Wildman–Crippen LogP) is 8.82. The zero-order chi connectivity index (χ0) is 50.6. The summed E-state index contributed by atoms with van der Waals surface area (Å²) in [6, 6.07) is 9.05. The molecule has 380 valence electrons. The van der Waals surface area contributed by atoms with E-state index in [1.807, 2.05) is 73.7 Å². The zero-order valence-electron chi connectivity index (χ0n) is 41.5. The third-order valence-corrected chi connectivity index (χ3v) is 15.8. The average molecular weight is 1010 g/mol. The van der Waals surface area contributed by atoms with E-state index < -0.39 is 41.9 Å². The molecule has 8 heterocycles. The van der Waals surface area contributed by atoms with Gasteiger partial charge in [0.05, 0.1) is 72.5 Å². The van der Waals surface area contributed by atoms with Gasteiger partial charge in [-0.15, -0.1) is 11.3 Å². The predicted molar refractivity (Wildman–Crippen MR) is 266 cm³/mol. The van der Waals surface area contributed by atoms with Gasteiger partial charge in [-0.25, -0.2) is 28.9 Å². The maximum Gasteiger partial charge on any atom is 0.407 e. The summed E-state index contributed by atoms with van der Waals surface area (Å²) in [6.07, 6.45) is 8.19. The van der Waals surface area contributed by atoms with Gasteiger partial charge in [0.25, 0.3) is 0 Å². The van der Waals surface area contributed by atoms with Gasteiger partial charge in [-0.1, -0.05) is 26.8 Å². The minimum atomic E-state index is -0.779. The number of nitrogens with zero attached hydrogens (tertiary/aromatic N) is 6. The first kappa shape index (κ1) is 48.8. The fourth-order valence-corrected chi connectivity index (χ4v) is 11.9. The molecule has 0 aliphatic carbocycles. The number of fused-ring (bicyclic) bond motifs is 5. The molecule has 4 aliphatic rings. The number of aryl methyl sites for hydroxylation is 1. The largest absolute Gasteiger partial charge is 0.462 e. The van der Waals surface area contributed by atoms with Crippen LogP contribution in [0.2, 0.25) is 0 Å². The summed E-state index contributed by atoms with van der Waals surface area (Å²) < 4.78 is 41.4. The van der Waals surface area contributed by atoms with Gasteiger partial charge in [0.1, 0.15) is 35.3 Å². The third kappa shape index (κ3) is 9.18. The topological polar surface area (TPSA) is 211 Å². The Hall–Kier alpha value is -6.80. The second kappa shape index (κ2) is 19.7. The number of amides is 4. The third-order valence-electron chi connectivity index (χ3n) is 14.6. The summed E-state index contributed by atoms with van der Waals surface area (Å²) in [6.45, 7) is 11.3. The number of carbonyl (C=O) groups excluding carboxylic acids is 4. The van der Waals surface area contributed by atoms with Crippen LogP contribution in [-0.4, -0.2) is 115 Å². The van der Waals surface area contributed by atoms with Crippen LogP contribution in [0.5, 0.6) is 5.75 Å². The van der Waals surface area contributed by atoms with Gasteiger partial charge >= 0.3 is 12.2 Å². The molecule has 10 rings (SSSR count). The highest BCUT2D eigenvalue weighted by atomic mass is 32.1. The van der Waals surface area contributed by atoms with E-state index in [9.17, 15) is 19.2 Å². The van der Waals surface area contributed by atoms with E-state index in [-0.39, 0.29) is 35.7 Å². The van der Waals surface area contributed by atoms with Crippen molar-refractivity contribution in [2.24, 2.45) is 11.8 Å². The summed E-state index contributed by atoms with van der Waals surface area (Å²) >= 11 is 1.55. The van der Waals surface area contributed by atoms with Crippen molar-refractivity contribution in [2.45, 2.75) is 116 Å². The van der Waals surface area contributed by atoms with Crippen LogP contribution >= 0.6 is 11.3 Å². The lowest BCUT2D eigenvalue weighted by atomic mass is 9.82. The number of aromatic nitrogens is 6. The quantitative estimate of drug-likeness (QED) is 0.0910. The molecule has 2 aromatic carbocycles. The highest BCUT2D eigenvalue weighted by Gasteiger charge is 2.43. The highest BCUT2D eigenvalue weighted by molar-refractivity contribution is 7.11. The molecule has 0 spiro atoms. The first-order valence-corrected chi connectivity index (χ1v) is 25.6. The van der Waals surface area contributed by atoms with Gasteiger partial charge in [0.2, 0.25) is 18.0 Å². The molecule has 0 saturated carbocycles. The van der Waals surface area contributed by atoms with Gasteiger partial charge in [0.15, 0.2) is 5.01 Å². The van der Waals surface area contributed by atoms with Gasteiger partial charge in [-0.3, -0.25) is 14.2 Å². The molecule has 2 unspecified atom stereocenters. The maximum absolute atomic E-state index is 16.9. The second-order valence-corrected chi connectivity index (χ2v) is 21.2. The molecule has 20 heteroatoms. The van der Waals surface area contributed by atoms with E-state index in [2.05, 4.69) is 27.5 Å². The fourth-order valence-electron chi connectivity index (χ4n) is 11.0. The van der Waals surface area contributed by atoms with Crippen molar-refractivity contribution in [3.63, 3.8) is 0 Å². The number of aromatic amines is 2. The summed E-state index contributed by atoms with van der Waals surface area (Å²) in [5, 5.41) is 7.11. The molecule has 3 saturated heterocycles. The van der Waals surface area contributed by atoms with Gasteiger partial charge < -0.3 is 49.3 Å². The molecule has 0 radical (unpaired) electrons. The standard InChI is InChI=1S/C52H61FN10O8S/c1-8-32-24-56-46(72-32)49-63-36-14-13-28(34-25-54-44(57-34)38-12-10-17-62(38)48(65)43(60-51(67)69-7)29-15-18-70-52(4,5)23-29)19-31(36)21-39(63)41-33(53)20-30(22-40(41)71-49)35-26-55-45(58-35)37-11-9-16-61(37)47(64)42(27(2)3)59-50(66)68-6/h13-14,19-22,24-27,29,37-38,42-43,49H,8-12,15-18,23H2,1-7H3,(H,54,57)(H,55,58)(H,59,66)(H,60,67)/t29?,37-,38-,42-,43-,49?/m0/s1. The molecule has 4 N–H and O–H groups in total. The molecule has 6 aromatic rings. The zero-order valence-corrected chi connectivity index (χ0v) is 42.4. The molecular weight excluding hydrogens is 944 g/mol. The number of H-pyrrole nitrogens is 2.